The number of likely N-dealkylation sites (tertiary alicyclic amines) is 1. The molecule has 0 aromatic heterocycles. The summed E-state index contributed by atoms with van der Waals surface area (Å²) in [6.07, 6.45) is 5.14. The zero-order valence-electron chi connectivity index (χ0n) is 28.0. The molecule has 1 aliphatic heterocycles. The van der Waals surface area contributed by atoms with E-state index in [1.165, 1.54) is 4.90 Å². The predicted molar refractivity (Wildman–Crippen MR) is 185 cm³/mol. The summed E-state index contributed by atoms with van der Waals surface area (Å²) in [6, 6.07) is 12.7. The van der Waals surface area contributed by atoms with E-state index in [0.717, 1.165) is 9.79 Å². The maximum absolute atomic E-state index is 14.7. The molecule has 46 heavy (non-hydrogen) atoms. The molecule has 0 bridgehead atoms. The van der Waals surface area contributed by atoms with Gasteiger partial charge in [-0.05, 0) is 107 Å². The molecule has 3 amide bonds. The summed E-state index contributed by atoms with van der Waals surface area (Å²) >= 11 is 3.15. The molecule has 0 spiro atoms. The second-order valence-electron chi connectivity index (χ2n) is 12.4. The SMILES string of the molecule is CCCC(NC(=O)C1CCCN1C(=O)C(NC(=O)OC(C)(C)C)C(C)C)P(=O)(Oc1ccc(SC)cc1)Oc1ccc(SC)cc1. The number of ether oxygens (including phenoxy) is 1. The Hall–Kier alpha value is -2.82. The first-order valence-electron chi connectivity index (χ1n) is 15.6. The highest BCUT2D eigenvalue weighted by Crippen LogP contribution is 2.53. The van der Waals surface area contributed by atoms with Crippen molar-refractivity contribution in [3.05, 3.63) is 48.5 Å². The lowest BCUT2D eigenvalue weighted by Crippen LogP contribution is -2.56. The van der Waals surface area contributed by atoms with Gasteiger partial charge in [0.1, 0.15) is 29.2 Å². The fourth-order valence-electron chi connectivity index (χ4n) is 4.99. The lowest BCUT2D eigenvalue weighted by atomic mass is 10.0. The number of carbonyl (C=O) groups excluding carboxylic acids is 3. The maximum atomic E-state index is 14.7. The fraction of sp³-hybridized carbons (Fsp3) is 0.545. The Labute approximate surface area is 282 Å². The van der Waals surface area contributed by atoms with Crippen molar-refractivity contribution >= 4 is 49.0 Å². The summed E-state index contributed by atoms with van der Waals surface area (Å²) in [5.41, 5.74) is -0.731. The zero-order valence-corrected chi connectivity index (χ0v) is 30.6. The maximum Gasteiger partial charge on any atom is 0.452 e. The van der Waals surface area contributed by atoms with Gasteiger partial charge in [-0.1, -0.05) is 27.2 Å². The van der Waals surface area contributed by atoms with E-state index in [2.05, 4.69) is 10.6 Å². The Kier molecular flexibility index (Phi) is 13.8. The van der Waals surface area contributed by atoms with Crippen LogP contribution in [0.2, 0.25) is 0 Å². The van der Waals surface area contributed by atoms with Gasteiger partial charge in [-0.3, -0.25) is 9.59 Å². The summed E-state index contributed by atoms with van der Waals surface area (Å²) in [7, 11) is -4.07. The molecule has 1 fully saturated rings. The molecule has 3 atom stereocenters. The largest absolute Gasteiger partial charge is 0.452 e. The third-order valence-corrected chi connectivity index (χ3v) is 10.8. The van der Waals surface area contributed by atoms with Gasteiger partial charge < -0.3 is 29.3 Å². The third-order valence-electron chi connectivity index (χ3n) is 7.28. The number of amides is 3. The normalized spacial score (nSPS) is 16.5. The van der Waals surface area contributed by atoms with Gasteiger partial charge in [0.2, 0.25) is 11.8 Å². The van der Waals surface area contributed by atoms with Crippen LogP contribution in [0.25, 0.3) is 0 Å². The van der Waals surface area contributed by atoms with Crippen LogP contribution in [0.3, 0.4) is 0 Å². The van der Waals surface area contributed by atoms with E-state index in [0.29, 0.717) is 43.7 Å². The number of hydrogen-bond acceptors (Lipinski definition) is 9. The Morgan fingerprint density at radius 2 is 1.46 bits per heavy atom. The average Bonchev–Trinajstić information content (AvgIpc) is 3.49. The van der Waals surface area contributed by atoms with E-state index in [1.54, 1.807) is 68.6 Å². The molecule has 1 saturated heterocycles. The van der Waals surface area contributed by atoms with Crippen molar-refractivity contribution in [1.82, 2.24) is 15.5 Å². The number of carbonyl (C=O) groups is 3. The van der Waals surface area contributed by atoms with Crippen molar-refractivity contribution in [2.45, 2.75) is 100 Å². The second-order valence-corrected chi connectivity index (χ2v) is 16.3. The van der Waals surface area contributed by atoms with Crippen LogP contribution in [0.5, 0.6) is 11.5 Å². The molecule has 2 N–H and O–H groups in total. The number of nitrogens with one attached hydrogen (secondary N) is 2. The molecule has 3 rings (SSSR count). The van der Waals surface area contributed by atoms with Crippen LogP contribution < -0.4 is 19.7 Å². The summed E-state index contributed by atoms with van der Waals surface area (Å²) in [4.78, 5) is 43.8. The Morgan fingerprint density at radius 1 is 0.935 bits per heavy atom. The molecule has 1 aliphatic rings. The molecule has 13 heteroatoms. The average molecular weight is 694 g/mol. The van der Waals surface area contributed by atoms with E-state index >= 15 is 0 Å². The molecule has 3 unspecified atom stereocenters. The number of hydrogen-bond donors (Lipinski definition) is 2. The molecule has 2 aromatic carbocycles. The summed E-state index contributed by atoms with van der Waals surface area (Å²) in [6.45, 7) is 11.2. The highest BCUT2D eigenvalue weighted by molar-refractivity contribution is 7.98. The van der Waals surface area contributed by atoms with Gasteiger partial charge in [0.25, 0.3) is 0 Å². The summed E-state index contributed by atoms with van der Waals surface area (Å²) < 4.78 is 32.4. The highest BCUT2D eigenvalue weighted by Gasteiger charge is 2.44. The molecular formula is C33H48N3O7PS2. The summed E-state index contributed by atoms with van der Waals surface area (Å²) in [5.74, 6) is -1.38. The minimum absolute atomic E-state index is 0.255. The van der Waals surface area contributed by atoms with Gasteiger partial charge in [0, 0.05) is 16.3 Å². The lowest BCUT2D eigenvalue weighted by Gasteiger charge is -2.33. The Morgan fingerprint density at radius 3 is 1.89 bits per heavy atom. The monoisotopic (exact) mass is 693 g/mol. The van der Waals surface area contributed by atoms with Crippen LogP contribution in [-0.2, 0) is 18.9 Å². The molecule has 10 nitrogen and oxygen atoms in total. The number of benzene rings is 2. The van der Waals surface area contributed by atoms with Gasteiger partial charge in [-0.2, -0.15) is 0 Å². The van der Waals surface area contributed by atoms with Gasteiger partial charge in [-0.15, -0.1) is 23.5 Å². The van der Waals surface area contributed by atoms with E-state index in [-0.39, 0.29) is 11.8 Å². The first-order valence-corrected chi connectivity index (χ1v) is 19.6. The number of rotatable bonds is 14. The van der Waals surface area contributed by atoms with Gasteiger partial charge in [0.15, 0.2) is 5.78 Å². The third kappa shape index (κ3) is 10.6. The van der Waals surface area contributed by atoms with Crippen LogP contribution in [0.4, 0.5) is 4.79 Å². The van der Waals surface area contributed by atoms with Crippen molar-refractivity contribution in [3.63, 3.8) is 0 Å². The Bertz CT molecular complexity index is 1310. The fourth-order valence-corrected chi connectivity index (χ4v) is 7.79. The minimum atomic E-state index is -4.07. The number of alkyl carbamates (subject to hydrolysis) is 1. The first kappa shape index (κ1) is 37.6. The topological polar surface area (TPSA) is 123 Å². The van der Waals surface area contributed by atoms with Crippen molar-refractivity contribution < 1.29 is 32.7 Å². The van der Waals surface area contributed by atoms with Crippen LogP contribution in [0, 0.1) is 5.92 Å². The van der Waals surface area contributed by atoms with E-state index in [4.69, 9.17) is 13.8 Å². The van der Waals surface area contributed by atoms with Crippen molar-refractivity contribution in [2.24, 2.45) is 5.92 Å². The van der Waals surface area contributed by atoms with E-state index in [1.807, 2.05) is 57.5 Å². The minimum Gasteiger partial charge on any atom is -0.444 e. The molecule has 0 radical (unpaired) electrons. The van der Waals surface area contributed by atoms with Crippen molar-refractivity contribution in [1.29, 1.82) is 0 Å². The standard InChI is InChI=1S/C33H48N3O7PS2/c1-9-11-28(44(40,42-23-13-17-25(45-7)18-14-23)43-24-15-19-26(46-8)20-16-24)34-30(37)27-12-10-21-36(27)31(38)29(22(2)3)35-32(39)41-33(4,5)6/h13-20,22,27-29H,9-12,21H2,1-8H3,(H,34,37)(H,35,39). The molecule has 2 aromatic rings. The van der Waals surface area contributed by atoms with Crippen molar-refractivity contribution in [3.8, 4) is 11.5 Å². The van der Waals surface area contributed by atoms with Gasteiger partial charge in [-0.25, -0.2) is 9.36 Å². The Balaban J connectivity index is 1.88. The predicted octanol–water partition coefficient (Wildman–Crippen LogP) is 7.56. The quantitative estimate of drug-likeness (QED) is 0.152. The summed E-state index contributed by atoms with van der Waals surface area (Å²) in [5, 5.41) is 5.64. The molecule has 254 valence electrons. The first-order chi connectivity index (χ1) is 21.7. The van der Waals surface area contributed by atoms with Crippen LogP contribution in [-0.4, -0.2) is 65.3 Å². The molecule has 0 saturated carbocycles. The molecular weight excluding hydrogens is 645 g/mol. The van der Waals surface area contributed by atoms with E-state index < -0.39 is 43.1 Å². The van der Waals surface area contributed by atoms with Gasteiger partial charge in [0.05, 0.1) is 0 Å². The highest BCUT2D eigenvalue weighted by atomic mass is 32.2. The van der Waals surface area contributed by atoms with Crippen LogP contribution >= 0.6 is 31.1 Å². The van der Waals surface area contributed by atoms with Crippen molar-refractivity contribution in [2.75, 3.05) is 19.1 Å². The molecule has 1 heterocycles. The number of thioether (sulfide) groups is 2. The number of nitrogens with zero attached hydrogens (tertiary/aromatic N) is 1. The van der Waals surface area contributed by atoms with Crippen LogP contribution in [0.15, 0.2) is 58.3 Å². The van der Waals surface area contributed by atoms with Gasteiger partial charge >= 0.3 is 13.7 Å². The van der Waals surface area contributed by atoms with E-state index in [9.17, 15) is 18.9 Å². The molecule has 0 aliphatic carbocycles. The zero-order chi connectivity index (χ0) is 34.1. The smallest absolute Gasteiger partial charge is 0.444 e. The second kappa shape index (κ2) is 16.8. The lowest BCUT2D eigenvalue weighted by molar-refractivity contribution is -0.141. The van der Waals surface area contributed by atoms with Crippen LogP contribution in [0.1, 0.15) is 67.2 Å².